The average molecular weight is 249 g/mol. The van der Waals surface area contributed by atoms with Crippen molar-refractivity contribution in [3.63, 3.8) is 0 Å². The van der Waals surface area contributed by atoms with Gasteiger partial charge < -0.3 is 0 Å². The van der Waals surface area contributed by atoms with Crippen LogP contribution in [0.15, 0.2) is 41.3 Å². The van der Waals surface area contributed by atoms with Gasteiger partial charge in [-0.25, -0.2) is 9.97 Å². The average Bonchev–Trinajstić information content (AvgIpc) is 2.19. The van der Waals surface area contributed by atoms with E-state index in [1.807, 2.05) is 6.07 Å². The summed E-state index contributed by atoms with van der Waals surface area (Å²) in [7, 11) is 0. The molecule has 0 saturated carbocycles. The fourth-order valence-electron chi connectivity index (χ4n) is 1.22. The zero-order valence-electron chi connectivity index (χ0n) is 7.74. The molecule has 14 heavy (non-hydrogen) atoms. The van der Waals surface area contributed by atoms with Crippen LogP contribution < -0.4 is 0 Å². The quantitative estimate of drug-likeness (QED) is 0.725. The Balaban J connectivity index is 2.44. The van der Waals surface area contributed by atoms with E-state index < -0.39 is 0 Å². The van der Waals surface area contributed by atoms with E-state index in [2.05, 4.69) is 57.1 Å². The van der Waals surface area contributed by atoms with Gasteiger partial charge in [-0.1, -0.05) is 29.8 Å². The van der Waals surface area contributed by atoms with Crippen molar-refractivity contribution in [1.82, 2.24) is 9.97 Å². The molecule has 2 rings (SSSR count). The van der Waals surface area contributed by atoms with Crippen LogP contribution in [0.5, 0.6) is 0 Å². The van der Waals surface area contributed by atoms with Gasteiger partial charge in [0.1, 0.15) is 10.9 Å². The smallest absolute Gasteiger partial charge is 0.117 e. The van der Waals surface area contributed by atoms with E-state index in [0.717, 1.165) is 15.9 Å². The topological polar surface area (TPSA) is 25.8 Å². The van der Waals surface area contributed by atoms with Crippen molar-refractivity contribution in [1.29, 1.82) is 0 Å². The first-order valence-corrected chi connectivity index (χ1v) is 5.09. The Kier molecular flexibility index (Phi) is 2.59. The number of hydrogen-bond donors (Lipinski definition) is 0. The normalized spacial score (nSPS) is 10.1. The first-order valence-electron chi connectivity index (χ1n) is 4.30. The van der Waals surface area contributed by atoms with Crippen molar-refractivity contribution in [3.05, 3.63) is 46.8 Å². The molecule has 1 aromatic carbocycles. The van der Waals surface area contributed by atoms with Gasteiger partial charge in [0.15, 0.2) is 0 Å². The van der Waals surface area contributed by atoms with E-state index in [9.17, 15) is 0 Å². The van der Waals surface area contributed by atoms with Crippen LogP contribution in [0.25, 0.3) is 11.3 Å². The van der Waals surface area contributed by atoms with Crippen molar-refractivity contribution >= 4 is 15.9 Å². The number of aryl methyl sites for hydroxylation is 1. The number of aromatic nitrogens is 2. The molecule has 0 N–H and O–H groups in total. The monoisotopic (exact) mass is 248 g/mol. The molecular weight excluding hydrogens is 240 g/mol. The van der Waals surface area contributed by atoms with E-state index >= 15 is 0 Å². The van der Waals surface area contributed by atoms with Gasteiger partial charge in [0.25, 0.3) is 0 Å². The number of halogens is 1. The predicted octanol–water partition coefficient (Wildman–Crippen LogP) is 3.21. The van der Waals surface area contributed by atoms with Gasteiger partial charge >= 0.3 is 0 Å². The fraction of sp³-hybridized carbons (Fsp3) is 0.0909. The van der Waals surface area contributed by atoms with Crippen molar-refractivity contribution in [3.8, 4) is 11.3 Å². The summed E-state index contributed by atoms with van der Waals surface area (Å²) in [6.07, 6.45) is 1.55. The summed E-state index contributed by atoms with van der Waals surface area (Å²) in [5.41, 5.74) is 3.30. The Morgan fingerprint density at radius 2 is 1.79 bits per heavy atom. The minimum atomic E-state index is 0.808. The van der Waals surface area contributed by atoms with Gasteiger partial charge in [0.2, 0.25) is 0 Å². The summed E-state index contributed by atoms with van der Waals surface area (Å²) >= 11 is 3.32. The van der Waals surface area contributed by atoms with E-state index in [0.29, 0.717) is 0 Å². The molecule has 70 valence electrons. The molecule has 2 aromatic rings. The molecule has 0 atom stereocenters. The maximum atomic E-state index is 4.20. The molecule has 0 aliphatic rings. The molecule has 2 nitrogen and oxygen atoms in total. The van der Waals surface area contributed by atoms with Crippen LogP contribution in [0.3, 0.4) is 0 Å². The second kappa shape index (κ2) is 3.88. The number of hydrogen-bond acceptors (Lipinski definition) is 2. The van der Waals surface area contributed by atoms with Crippen molar-refractivity contribution in [2.75, 3.05) is 0 Å². The maximum Gasteiger partial charge on any atom is 0.117 e. The Hall–Kier alpha value is -1.22. The predicted molar refractivity (Wildman–Crippen MR) is 59.9 cm³/mol. The van der Waals surface area contributed by atoms with Crippen LogP contribution in [0, 0.1) is 6.92 Å². The lowest BCUT2D eigenvalue weighted by atomic mass is 10.1. The summed E-state index contributed by atoms with van der Waals surface area (Å²) < 4.78 is 0.808. The highest BCUT2D eigenvalue weighted by Gasteiger charge is 1.99. The Labute approximate surface area is 91.2 Å². The molecule has 1 aromatic heterocycles. The summed E-state index contributed by atoms with van der Waals surface area (Å²) in [5.74, 6) is 0. The standard InChI is InChI=1S/C11H9BrN2/c1-8-2-4-9(5-3-8)10-6-11(12)14-7-13-10/h2-7H,1H3. The Morgan fingerprint density at radius 1 is 1.07 bits per heavy atom. The first kappa shape index (κ1) is 9.34. The third-order valence-corrected chi connectivity index (χ3v) is 2.41. The third kappa shape index (κ3) is 1.99. The van der Waals surface area contributed by atoms with Gasteiger partial charge in [-0.05, 0) is 28.9 Å². The second-order valence-corrected chi connectivity index (χ2v) is 3.90. The molecular formula is C11H9BrN2. The van der Waals surface area contributed by atoms with E-state index in [1.165, 1.54) is 5.56 Å². The van der Waals surface area contributed by atoms with Gasteiger partial charge in [-0.15, -0.1) is 0 Å². The van der Waals surface area contributed by atoms with Gasteiger partial charge in [-0.3, -0.25) is 0 Å². The third-order valence-electron chi connectivity index (χ3n) is 1.98. The molecule has 0 aliphatic heterocycles. The minimum Gasteiger partial charge on any atom is -0.236 e. The van der Waals surface area contributed by atoms with Crippen molar-refractivity contribution < 1.29 is 0 Å². The highest BCUT2D eigenvalue weighted by molar-refractivity contribution is 9.10. The van der Waals surface area contributed by atoms with Crippen LogP contribution in [0.1, 0.15) is 5.56 Å². The molecule has 0 saturated heterocycles. The Bertz CT molecular complexity index is 437. The minimum absolute atomic E-state index is 0.808. The van der Waals surface area contributed by atoms with Crippen molar-refractivity contribution in [2.45, 2.75) is 6.92 Å². The highest BCUT2D eigenvalue weighted by Crippen LogP contribution is 2.19. The molecule has 0 radical (unpaired) electrons. The lowest BCUT2D eigenvalue weighted by molar-refractivity contribution is 1.14. The van der Waals surface area contributed by atoms with Gasteiger partial charge in [0.05, 0.1) is 5.69 Å². The van der Waals surface area contributed by atoms with Crippen LogP contribution in [-0.2, 0) is 0 Å². The largest absolute Gasteiger partial charge is 0.236 e. The summed E-state index contributed by atoms with van der Waals surface area (Å²) in [5, 5.41) is 0. The molecule has 3 heteroatoms. The van der Waals surface area contributed by atoms with E-state index in [-0.39, 0.29) is 0 Å². The molecule has 0 amide bonds. The van der Waals surface area contributed by atoms with Crippen LogP contribution >= 0.6 is 15.9 Å². The maximum absolute atomic E-state index is 4.20. The molecule has 0 aliphatic carbocycles. The first-order chi connectivity index (χ1) is 6.75. The lowest BCUT2D eigenvalue weighted by Gasteiger charge is -2.00. The summed E-state index contributed by atoms with van der Waals surface area (Å²) in [4.78, 5) is 8.19. The molecule has 0 bridgehead atoms. The van der Waals surface area contributed by atoms with Gasteiger partial charge in [0, 0.05) is 5.56 Å². The molecule has 0 fully saturated rings. The van der Waals surface area contributed by atoms with E-state index in [4.69, 9.17) is 0 Å². The lowest BCUT2D eigenvalue weighted by Crippen LogP contribution is -1.85. The van der Waals surface area contributed by atoms with Crippen LogP contribution in [-0.4, -0.2) is 9.97 Å². The second-order valence-electron chi connectivity index (χ2n) is 3.09. The molecule has 0 unspecified atom stereocenters. The van der Waals surface area contributed by atoms with Crippen LogP contribution in [0.4, 0.5) is 0 Å². The van der Waals surface area contributed by atoms with Crippen molar-refractivity contribution in [2.24, 2.45) is 0 Å². The SMILES string of the molecule is Cc1ccc(-c2cc(Br)ncn2)cc1. The zero-order valence-corrected chi connectivity index (χ0v) is 9.32. The number of nitrogens with zero attached hydrogens (tertiary/aromatic N) is 2. The summed E-state index contributed by atoms with van der Waals surface area (Å²) in [6.45, 7) is 2.07. The van der Waals surface area contributed by atoms with E-state index in [1.54, 1.807) is 6.33 Å². The molecule has 1 heterocycles. The number of benzene rings is 1. The molecule has 0 spiro atoms. The fourth-order valence-corrected chi connectivity index (χ4v) is 1.52. The van der Waals surface area contributed by atoms with Crippen LogP contribution in [0.2, 0.25) is 0 Å². The summed E-state index contributed by atoms with van der Waals surface area (Å²) in [6, 6.07) is 10.2. The van der Waals surface area contributed by atoms with Gasteiger partial charge in [-0.2, -0.15) is 0 Å². The zero-order chi connectivity index (χ0) is 9.97. The highest BCUT2D eigenvalue weighted by atomic mass is 79.9. The Morgan fingerprint density at radius 3 is 2.43 bits per heavy atom. The number of rotatable bonds is 1.